The third-order valence-corrected chi connectivity index (χ3v) is 4.63. The molecule has 1 aliphatic rings. The van der Waals surface area contributed by atoms with Crippen molar-refractivity contribution in [1.29, 1.82) is 0 Å². The number of amides is 2. The number of anilines is 2. The maximum Gasteiger partial charge on any atom is 0.231 e. The average molecular weight is 367 g/mol. The van der Waals surface area contributed by atoms with Crippen LogP contribution in [0.5, 0.6) is 0 Å². The summed E-state index contributed by atoms with van der Waals surface area (Å²) in [5.74, 6) is -0.783. The van der Waals surface area contributed by atoms with Crippen molar-refractivity contribution in [3.05, 3.63) is 34.3 Å². The normalized spacial score (nSPS) is 17.3. The molecule has 3 rings (SSSR count). The fraction of sp³-hybridized carbons (Fsp3) is 0.333. The van der Waals surface area contributed by atoms with Gasteiger partial charge in [0.25, 0.3) is 0 Å². The summed E-state index contributed by atoms with van der Waals surface area (Å²) in [6.45, 7) is 0.659. The molecule has 1 saturated heterocycles. The molecule has 2 aromatic rings. The van der Waals surface area contributed by atoms with Crippen LogP contribution in [0.1, 0.15) is 11.4 Å². The van der Waals surface area contributed by atoms with Crippen molar-refractivity contribution in [1.82, 2.24) is 10.2 Å². The van der Waals surface area contributed by atoms with Gasteiger partial charge < -0.3 is 15.0 Å². The highest BCUT2D eigenvalue weighted by molar-refractivity contribution is 7.15. The number of methoxy groups -OCH3 is 1. The van der Waals surface area contributed by atoms with Gasteiger partial charge in [-0.2, -0.15) is 0 Å². The number of halogens is 1. The van der Waals surface area contributed by atoms with Gasteiger partial charge in [0.05, 0.1) is 5.92 Å². The highest BCUT2D eigenvalue weighted by atomic mass is 35.5. The molecule has 126 valence electrons. The zero-order valence-corrected chi connectivity index (χ0v) is 14.4. The summed E-state index contributed by atoms with van der Waals surface area (Å²) in [4.78, 5) is 26.1. The lowest BCUT2D eigenvalue weighted by Crippen LogP contribution is -2.28. The molecule has 0 bridgehead atoms. The van der Waals surface area contributed by atoms with Crippen LogP contribution in [0.4, 0.5) is 10.8 Å². The summed E-state index contributed by atoms with van der Waals surface area (Å²) in [7, 11) is 1.56. The highest BCUT2D eigenvalue weighted by Gasteiger charge is 2.35. The minimum atomic E-state index is -0.439. The van der Waals surface area contributed by atoms with Crippen LogP contribution in [0.3, 0.4) is 0 Å². The minimum Gasteiger partial charge on any atom is -0.377 e. The number of benzene rings is 1. The van der Waals surface area contributed by atoms with E-state index in [1.54, 1.807) is 36.3 Å². The number of nitrogens with zero attached hydrogens (tertiary/aromatic N) is 3. The first-order valence-electron chi connectivity index (χ1n) is 7.25. The molecule has 9 heteroatoms. The fourth-order valence-corrected chi connectivity index (χ4v) is 3.37. The van der Waals surface area contributed by atoms with Crippen molar-refractivity contribution < 1.29 is 14.3 Å². The van der Waals surface area contributed by atoms with Gasteiger partial charge >= 0.3 is 0 Å². The number of hydrogen-bond acceptors (Lipinski definition) is 6. The van der Waals surface area contributed by atoms with Gasteiger partial charge in [0, 0.05) is 30.8 Å². The molecule has 1 N–H and O–H groups in total. The molecule has 0 spiro atoms. The lowest BCUT2D eigenvalue weighted by atomic mass is 10.1. The lowest BCUT2D eigenvalue weighted by Gasteiger charge is -2.16. The van der Waals surface area contributed by atoms with Crippen LogP contribution in [-0.4, -0.2) is 35.7 Å². The van der Waals surface area contributed by atoms with Gasteiger partial charge in [0.15, 0.2) is 0 Å². The van der Waals surface area contributed by atoms with Crippen molar-refractivity contribution in [2.75, 3.05) is 23.9 Å². The SMILES string of the molecule is COCc1nnc(NC(=O)C2CC(=O)N(c3cccc(Cl)c3)C2)s1. The number of hydrogen-bond donors (Lipinski definition) is 1. The van der Waals surface area contributed by atoms with Crippen molar-refractivity contribution in [2.45, 2.75) is 13.0 Å². The van der Waals surface area contributed by atoms with Crippen LogP contribution in [0, 0.1) is 5.92 Å². The molecular formula is C15H15ClN4O3S. The Balaban J connectivity index is 1.65. The number of aromatic nitrogens is 2. The summed E-state index contributed by atoms with van der Waals surface area (Å²) in [5.41, 5.74) is 0.695. The fourth-order valence-electron chi connectivity index (χ4n) is 2.47. The van der Waals surface area contributed by atoms with E-state index >= 15 is 0 Å². The summed E-state index contributed by atoms with van der Waals surface area (Å²) in [5, 5.41) is 12.1. The van der Waals surface area contributed by atoms with Gasteiger partial charge in [-0.05, 0) is 18.2 Å². The Kier molecular flexibility index (Phi) is 5.08. The summed E-state index contributed by atoms with van der Waals surface area (Å²) in [6.07, 6.45) is 0.155. The van der Waals surface area contributed by atoms with Crippen molar-refractivity contribution in [3.63, 3.8) is 0 Å². The Morgan fingerprint density at radius 1 is 1.50 bits per heavy atom. The van der Waals surface area contributed by atoms with Crippen LogP contribution in [-0.2, 0) is 20.9 Å². The Morgan fingerprint density at radius 2 is 2.33 bits per heavy atom. The van der Waals surface area contributed by atoms with Crippen LogP contribution < -0.4 is 10.2 Å². The number of ether oxygens (including phenoxy) is 1. The van der Waals surface area contributed by atoms with Gasteiger partial charge in [0.2, 0.25) is 16.9 Å². The topological polar surface area (TPSA) is 84.4 Å². The van der Waals surface area contributed by atoms with E-state index in [4.69, 9.17) is 16.3 Å². The Bertz CT molecular complexity index is 767. The van der Waals surface area contributed by atoms with E-state index in [-0.39, 0.29) is 18.2 Å². The van der Waals surface area contributed by atoms with Crippen molar-refractivity contribution in [2.24, 2.45) is 5.92 Å². The van der Waals surface area contributed by atoms with Crippen LogP contribution >= 0.6 is 22.9 Å². The molecule has 0 radical (unpaired) electrons. The summed E-state index contributed by atoms with van der Waals surface area (Å²) >= 11 is 7.21. The molecule has 1 aliphatic heterocycles. The average Bonchev–Trinajstić information content (AvgIpc) is 3.14. The van der Waals surface area contributed by atoms with Gasteiger partial charge in [-0.25, -0.2) is 0 Å². The third kappa shape index (κ3) is 3.72. The predicted molar refractivity (Wildman–Crippen MR) is 91.2 cm³/mol. The standard InChI is InChI=1S/C15H15ClN4O3S/c1-23-8-12-18-19-15(24-12)17-14(22)9-5-13(21)20(7-9)11-4-2-3-10(16)6-11/h2-4,6,9H,5,7-8H2,1H3,(H,17,19,22). The zero-order valence-electron chi connectivity index (χ0n) is 12.9. The summed E-state index contributed by atoms with van der Waals surface area (Å²) in [6, 6.07) is 7.02. The lowest BCUT2D eigenvalue weighted by molar-refractivity contribution is -0.122. The molecule has 1 atom stereocenters. The van der Waals surface area contributed by atoms with Gasteiger partial charge in [-0.15, -0.1) is 10.2 Å². The molecular weight excluding hydrogens is 352 g/mol. The monoisotopic (exact) mass is 366 g/mol. The van der Waals surface area contributed by atoms with Gasteiger partial charge in [-0.3, -0.25) is 9.59 Å². The number of carbonyl (C=O) groups is 2. The number of rotatable bonds is 5. The predicted octanol–water partition coefficient (Wildman–Crippen LogP) is 2.33. The number of nitrogens with one attached hydrogen (secondary N) is 1. The first-order valence-corrected chi connectivity index (χ1v) is 8.44. The maximum atomic E-state index is 12.4. The highest BCUT2D eigenvalue weighted by Crippen LogP contribution is 2.28. The first kappa shape index (κ1) is 16.8. The van der Waals surface area contributed by atoms with E-state index in [0.29, 0.717) is 34.0 Å². The van der Waals surface area contributed by atoms with Crippen LogP contribution in [0.15, 0.2) is 24.3 Å². The molecule has 1 unspecified atom stereocenters. The zero-order chi connectivity index (χ0) is 17.1. The second-order valence-corrected chi connectivity index (χ2v) is 6.81. The molecule has 2 heterocycles. The van der Waals surface area contributed by atoms with Gasteiger partial charge in [-0.1, -0.05) is 29.0 Å². The second kappa shape index (κ2) is 7.25. The van der Waals surface area contributed by atoms with Gasteiger partial charge in [0.1, 0.15) is 11.6 Å². The molecule has 7 nitrogen and oxygen atoms in total. The van der Waals surface area contributed by atoms with E-state index in [9.17, 15) is 9.59 Å². The molecule has 24 heavy (non-hydrogen) atoms. The van der Waals surface area contributed by atoms with E-state index in [0.717, 1.165) is 0 Å². The number of carbonyl (C=O) groups excluding carboxylic acids is 2. The second-order valence-electron chi connectivity index (χ2n) is 5.31. The van der Waals surface area contributed by atoms with E-state index < -0.39 is 5.92 Å². The van der Waals surface area contributed by atoms with Crippen molar-refractivity contribution in [3.8, 4) is 0 Å². The molecule has 1 aromatic heterocycles. The maximum absolute atomic E-state index is 12.4. The summed E-state index contributed by atoms with van der Waals surface area (Å²) < 4.78 is 4.97. The van der Waals surface area contributed by atoms with E-state index in [2.05, 4.69) is 15.5 Å². The first-order chi connectivity index (χ1) is 11.6. The Labute approximate surface area is 147 Å². The molecule has 2 amide bonds. The van der Waals surface area contributed by atoms with Crippen molar-refractivity contribution >= 4 is 45.6 Å². The Morgan fingerprint density at radius 3 is 3.08 bits per heavy atom. The smallest absolute Gasteiger partial charge is 0.231 e. The quantitative estimate of drug-likeness (QED) is 0.877. The molecule has 1 aromatic carbocycles. The molecule has 0 aliphatic carbocycles. The minimum absolute atomic E-state index is 0.102. The largest absolute Gasteiger partial charge is 0.377 e. The molecule has 1 fully saturated rings. The van der Waals surface area contributed by atoms with E-state index in [1.807, 2.05) is 0 Å². The van der Waals surface area contributed by atoms with Crippen LogP contribution in [0.2, 0.25) is 5.02 Å². The molecule has 0 saturated carbocycles. The third-order valence-electron chi connectivity index (χ3n) is 3.58. The Hall–Kier alpha value is -2.03. The van der Waals surface area contributed by atoms with Crippen LogP contribution in [0.25, 0.3) is 0 Å². The van der Waals surface area contributed by atoms with E-state index in [1.165, 1.54) is 11.3 Å².